The molecule has 2 aromatic heterocycles. The van der Waals surface area contributed by atoms with E-state index >= 15 is 0 Å². The van der Waals surface area contributed by atoms with E-state index in [1.54, 1.807) is 24.3 Å². The van der Waals surface area contributed by atoms with Gasteiger partial charge >= 0.3 is 0 Å². The number of aromatic nitrogens is 4. The quantitative estimate of drug-likeness (QED) is 0.490. The van der Waals surface area contributed by atoms with E-state index in [4.69, 9.17) is 5.73 Å². The summed E-state index contributed by atoms with van der Waals surface area (Å²) in [6, 6.07) is 14.3. The van der Waals surface area contributed by atoms with E-state index in [0.717, 1.165) is 11.3 Å². The van der Waals surface area contributed by atoms with Gasteiger partial charge in [-0.15, -0.1) is 5.10 Å². The second-order valence-electron chi connectivity index (χ2n) is 6.56. The number of carbonyl (C=O) groups excluding carboxylic acids is 2. The Balaban J connectivity index is 1.68. The minimum absolute atomic E-state index is 0.0374. The van der Waals surface area contributed by atoms with E-state index in [0.29, 0.717) is 11.1 Å². The van der Waals surface area contributed by atoms with Gasteiger partial charge in [-0.25, -0.2) is 0 Å². The molecule has 1 aliphatic rings. The number of nitrogens with zero attached hydrogens (tertiary/aromatic N) is 4. The molecule has 8 nitrogen and oxygen atoms in total. The van der Waals surface area contributed by atoms with E-state index in [2.05, 4.69) is 20.4 Å². The molecule has 0 saturated carbocycles. The van der Waals surface area contributed by atoms with Crippen molar-refractivity contribution in [1.82, 2.24) is 19.6 Å². The number of hydrogen-bond acceptors (Lipinski definition) is 7. The van der Waals surface area contributed by atoms with Gasteiger partial charge in [0, 0.05) is 16.8 Å². The predicted octanol–water partition coefficient (Wildman–Crippen LogP) is 2.53. The Labute approximate surface area is 159 Å². The van der Waals surface area contributed by atoms with Crippen LogP contribution in [-0.2, 0) is 0 Å². The smallest absolute Gasteiger partial charge is 0.256 e. The van der Waals surface area contributed by atoms with E-state index in [9.17, 15) is 9.59 Å². The first-order chi connectivity index (χ1) is 13.5. The molecule has 0 aliphatic heterocycles. The highest BCUT2D eigenvalue weighted by molar-refractivity contribution is 6.29. The number of carbonyl (C=O) groups is 2. The molecule has 5 rings (SSSR count). The lowest BCUT2D eigenvalue weighted by Gasteiger charge is -2.18. The van der Waals surface area contributed by atoms with E-state index in [1.165, 1.54) is 4.52 Å². The third-order valence-corrected chi connectivity index (χ3v) is 4.68. The molecule has 2 heterocycles. The molecular weight excluding hydrogens is 356 g/mol. The number of nitrogens with two attached hydrogens (primary N) is 1. The van der Waals surface area contributed by atoms with Crippen molar-refractivity contribution in [1.29, 1.82) is 0 Å². The number of anilines is 3. The Hall–Kier alpha value is -4.07. The maximum Gasteiger partial charge on any atom is 0.256 e. The molecule has 136 valence electrons. The van der Waals surface area contributed by atoms with Gasteiger partial charge in [0.2, 0.25) is 11.7 Å². The molecule has 0 unspecified atom stereocenters. The Kier molecular flexibility index (Phi) is 3.29. The fourth-order valence-corrected chi connectivity index (χ4v) is 3.31. The van der Waals surface area contributed by atoms with Crippen molar-refractivity contribution in [2.45, 2.75) is 6.92 Å². The normalized spacial score (nSPS) is 12.8. The topological polar surface area (TPSA) is 115 Å². The summed E-state index contributed by atoms with van der Waals surface area (Å²) in [5.74, 6) is -0.323. The van der Waals surface area contributed by atoms with Crippen molar-refractivity contribution in [3.63, 3.8) is 0 Å². The highest BCUT2D eigenvalue weighted by Crippen LogP contribution is 2.30. The zero-order valence-electron chi connectivity index (χ0n) is 14.8. The first kappa shape index (κ1) is 16.1. The number of nitrogens with one attached hydrogen (secondary N) is 1. The first-order valence-electron chi connectivity index (χ1n) is 8.61. The van der Waals surface area contributed by atoms with Crippen LogP contribution in [0.25, 0.3) is 5.78 Å². The highest BCUT2D eigenvalue weighted by Gasteiger charge is 2.35. The summed E-state index contributed by atoms with van der Waals surface area (Å²) in [5.41, 5.74) is 8.69. The second-order valence-corrected chi connectivity index (χ2v) is 6.56. The third-order valence-electron chi connectivity index (χ3n) is 4.68. The van der Waals surface area contributed by atoms with Crippen LogP contribution in [-0.4, -0.2) is 31.1 Å². The molecule has 1 aliphatic carbocycles. The minimum Gasteiger partial charge on any atom is -0.383 e. The van der Waals surface area contributed by atoms with Crippen LogP contribution < -0.4 is 11.1 Å². The van der Waals surface area contributed by atoms with Crippen LogP contribution in [0.3, 0.4) is 0 Å². The maximum absolute atomic E-state index is 13.1. The summed E-state index contributed by atoms with van der Waals surface area (Å²) in [6.45, 7) is 1.99. The molecule has 0 radical (unpaired) electrons. The first-order valence-corrected chi connectivity index (χ1v) is 8.61. The number of nitrogen functional groups attached to an aromatic ring is 1. The van der Waals surface area contributed by atoms with Gasteiger partial charge in [0.05, 0.1) is 5.56 Å². The summed E-state index contributed by atoms with van der Waals surface area (Å²) < 4.78 is 1.28. The average Bonchev–Trinajstić information content (AvgIpc) is 3.09. The van der Waals surface area contributed by atoms with Gasteiger partial charge in [-0.2, -0.15) is 14.5 Å². The van der Waals surface area contributed by atoms with E-state index in [1.807, 2.05) is 31.2 Å². The molecule has 3 N–H and O–H groups in total. The lowest BCUT2D eigenvalue weighted by molar-refractivity contribution is 0.0973. The van der Waals surface area contributed by atoms with Crippen molar-refractivity contribution in [3.05, 3.63) is 76.5 Å². The van der Waals surface area contributed by atoms with Crippen molar-refractivity contribution in [3.8, 4) is 0 Å². The molecule has 8 heteroatoms. The Morgan fingerprint density at radius 2 is 1.61 bits per heavy atom. The molecule has 0 amide bonds. The van der Waals surface area contributed by atoms with E-state index < -0.39 is 0 Å². The van der Waals surface area contributed by atoms with Crippen LogP contribution in [0.1, 0.15) is 37.5 Å². The van der Waals surface area contributed by atoms with Crippen molar-refractivity contribution in [2.75, 3.05) is 11.1 Å². The lowest BCUT2D eigenvalue weighted by atomic mass is 9.87. The summed E-state index contributed by atoms with van der Waals surface area (Å²) in [5, 5.41) is 7.42. The Morgan fingerprint density at radius 1 is 0.929 bits per heavy atom. The number of benzene rings is 2. The number of hydrogen-bond donors (Lipinski definition) is 2. The Morgan fingerprint density at radius 3 is 2.32 bits per heavy atom. The number of fused-ring (bicyclic) bond motifs is 4. The van der Waals surface area contributed by atoms with Gasteiger partial charge in [-0.3, -0.25) is 9.59 Å². The van der Waals surface area contributed by atoms with Crippen LogP contribution in [0.2, 0.25) is 0 Å². The van der Waals surface area contributed by atoms with Gasteiger partial charge in [0.1, 0.15) is 11.5 Å². The summed E-state index contributed by atoms with van der Waals surface area (Å²) >= 11 is 0. The molecule has 4 aromatic rings. The molecule has 0 spiro atoms. The van der Waals surface area contributed by atoms with Gasteiger partial charge in [0.15, 0.2) is 5.78 Å². The summed E-state index contributed by atoms with van der Waals surface area (Å²) in [7, 11) is 0. The van der Waals surface area contributed by atoms with Crippen LogP contribution in [0.5, 0.6) is 0 Å². The molecule has 0 fully saturated rings. The zero-order chi connectivity index (χ0) is 19.4. The summed E-state index contributed by atoms with van der Waals surface area (Å²) in [6.07, 6.45) is 0. The fourth-order valence-electron chi connectivity index (χ4n) is 3.31. The molecule has 0 bridgehead atoms. The standard InChI is InChI=1S/C20H14N6O2/c1-10-6-8-11(9-7-10)22-19-24-20-23-18(21)14-15(26(20)25-19)17(28)13-5-3-2-4-12(13)16(14)27/h2-9H,1H3,(H3,21,22,23,24,25). The molecule has 0 atom stereocenters. The Bertz CT molecular complexity index is 1290. The molecule has 28 heavy (non-hydrogen) atoms. The average molecular weight is 370 g/mol. The van der Waals surface area contributed by atoms with Gasteiger partial charge < -0.3 is 11.1 Å². The second kappa shape index (κ2) is 5.71. The van der Waals surface area contributed by atoms with Crippen LogP contribution in [0, 0.1) is 6.92 Å². The van der Waals surface area contributed by atoms with Gasteiger partial charge in [0.25, 0.3) is 5.78 Å². The highest BCUT2D eigenvalue weighted by atomic mass is 16.1. The number of rotatable bonds is 2. The lowest BCUT2D eigenvalue weighted by Crippen LogP contribution is -2.26. The molecule has 2 aromatic carbocycles. The number of aryl methyl sites for hydroxylation is 1. The van der Waals surface area contributed by atoms with Crippen LogP contribution in [0.15, 0.2) is 48.5 Å². The van der Waals surface area contributed by atoms with Crippen LogP contribution >= 0.6 is 0 Å². The monoisotopic (exact) mass is 370 g/mol. The predicted molar refractivity (Wildman–Crippen MR) is 103 cm³/mol. The SMILES string of the molecule is Cc1ccc(Nc2nc3nc(N)c4c(n3n2)C(=O)c2ccccc2C4=O)cc1. The van der Waals surface area contributed by atoms with Crippen molar-refractivity contribution < 1.29 is 9.59 Å². The minimum atomic E-state index is -0.347. The maximum atomic E-state index is 13.1. The van der Waals surface area contributed by atoms with Gasteiger partial charge in [-0.1, -0.05) is 42.0 Å². The van der Waals surface area contributed by atoms with E-state index in [-0.39, 0.29) is 40.4 Å². The number of ketones is 2. The third kappa shape index (κ3) is 2.28. The largest absolute Gasteiger partial charge is 0.383 e. The zero-order valence-corrected chi connectivity index (χ0v) is 14.8. The fraction of sp³-hybridized carbons (Fsp3) is 0.0500. The summed E-state index contributed by atoms with van der Waals surface area (Å²) in [4.78, 5) is 34.5. The van der Waals surface area contributed by atoms with Crippen LogP contribution in [0.4, 0.5) is 17.5 Å². The molecular formula is C20H14N6O2. The van der Waals surface area contributed by atoms with Gasteiger partial charge in [-0.05, 0) is 19.1 Å². The van der Waals surface area contributed by atoms with Crippen molar-refractivity contribution >= 4 is 34.8 Å². The van der Waals surface area contributed by atoms with Crippen molar-refractivity contribution in [2.24, 2.45) is 0 Å². The molecule has 0 saturated heterocycles.